The fourth-order valence-corrected chi connectivity index (χ4v) is 3.79. The largest absolute Gasteiger partial charge is 0.497 e. The Labute approximate surface area is 152 Å². The van der Waals surface area contributed by atoms with E-state index in [0.29, 0.717) is 17.6 Å². The number of rotatable bonds is 6. The van der Waals surface area contributed by atoms with E-state index in [1.807, 2.05) is 30.3 Å². The molecule has 0 saturated heterocycles. The van der Waals surface area contributed by atoms with E-state index in [9.17, 15) is 8.42 Å². The Bertz CT molecular complexity index is 1040. The van der Waals surface area contributed by atoms with Crippen molar-refractivity contribution in [3.05, 3.63) is 48.0 Å². The third kappa shape index (κ3) is 3.32. The molecule has 0 amide bonds. The highest BCUT2D eigenvalue weighted by atomic mass is 32.2. The summed E-state index contributed by atoms with van der Waals surface area (Å²) in [5.41, 5.74) is 8.69. The molecule has 0 bridgehead atoms. The van der Waals surface area contributed by atoms with Gasteiger partial charge in [0.1, 0.15) is 5.75 Å². The molecule has 0 saturated carbocycles. The van der Waals surface area contributed by atoms with Crippen LogP contribution in [0.15, 0.2) is 42.5 Å². The molecule has 0 aliphatic carbocycles. The van der Waals surface area contributed by atoms with Crippen molar-refractivity contribution in [3.63, 3.8) is 0 Å². The zero-order valence-electron chi connectivity index (χ0n) is 14.9. The van der Waals surface area contributed by atoms with Crippen molar-refractivity contribution in [1.29, 1.82) is 0 Å². The summed E-state index contributed by atoms with van der Waals surface area (Å²) in [7, 11) is -1.97. The minimum atomic E-state index is -3.60. The van der Waals surface area contributed by atoms with Gasteiger partial charge in [-0.25, -0.2) is 17.4 Å². The van der Waals surface area contributed by atoms with Crippen LogP contribution in [0.3, 0.4) is 0 Å². The van der Waals surface area contributed by atoms with E-state index in [4.69, 9.17) is 10.5 Å². The van der Waals surface area contributed by atoms with Crippen LogP contribution in [0.1, 0.15) is 19.4 Å². The Balaban J connectivity index is 1.93. The lowest BCUT2D eigenvalue weighted by Gasteiger charge is -2.12. The average Bonchev–Trinajstić information content (AvgIpc) is 2.95. The zero-order valence-corrected chi connectivity index (χ0v) is 15.7. The molecule has 7 nitrogen and oxygen atoms in total. The van der Waals surface area contributed by atoms with Gasteiger partial charge in [0.15, 0.2) is 0 Å². The molecule has 0 aliphatic heterocycles. The van der Waals surface area contributed by atoms with Crippen LogP contribution in [-0.2, 0) is 16.6 Å². The topological polar surface area (TPSA) is 99.2 Å². The Hall–Kier alpha value is -2.74. The third-order valence-corrected chi connectivity index (χ3v) is 6.20. The number of anilines is 2. The molecule has 0 fully saturated rings. The number of nitrogens with two attached hydrogens (primary N) is 1. The molecular formula is C18H22N4O3S. The number of benzene rings is 2. The minimum absolute atomic E-state index is 0.0290. The Morgan fingerprint density at radius 2 is 2.00 bits per heavy atom. The summed E-state index contributed by atoms with van der Waals surface area (Å²) < 4.78 is 31.5. The molecule has 0 unspecified atom stereocenters. The van der Waals surface area contributed by atoms with E-state index in [0.717, 1.165) is 21.0 Å². The molecule has 0 spiro atoms. The summed E-state index contributed by atoms with van der Waals surface area (Å²) in [6.07, 6.45) is 0. The van der Waals surface area contributed by atoms with Crippen molar-refractivity contribution in [1.82, 2.24) is 8.96 Å². The highest BCUT2D eigenvalue weighted by molar-refractivity contribution is 7.90. The van der Waals surface area contributed by atoms with E-state index < -0.39 is 15.3 Å². The van der Waals surface area contributed by atoms with E-state index >= 15 is 0 Å². The van der Waals surface area contributed by atoms with E-state index in [1.54, 1.807) is 33.1 Å². The summed E-state index contributed by atoms with van der Waals surface area (Å²) in [6.45, 7) is 3.81. The molecule has 8 heteroatoms. The predicted octanol–water partition coefficient (Wildman–Crippen LogP) is 2.83. The molecule has 1 aromatic heterocycles. The quantitative estimate of drug-likeness (QED) is 0.688. The number of aromatic nitrogens is 2. The van der Waals surface area contributed by atoms with Crippen LogP contribution in [0.2, 0.25) is 0 Å². The monoisotopic (exact) mass is 374 g/mol. The lowest BCUT2D eigenvalue weighted by Crippen LogP contribution is -2.23. The van der Waals surface area contributed by atoms with Gasteiger partial charge in [0, 0.05) is 12.2 Å². The van der Waals surface area contributed by atoms with Crippen LogP contribution < -0.4 is 15.8 Å². The smallest absolute Gasteiger partial charge is 0.244 e. The third-order valence-electron chi connectivity index (χ3n) is 4.12. The number of hydrogen-bond acceptors (Lipinski definition) is 6. The molecule has 0 atom stereocenters. The molecule has 0 radical (unpaired) electrons. The molecule has 3 aromatic rings. The Morgan fingerprint density at radius 3 is 2.69 bits per heavy atom. The second-order valence-electron chi connectivity index (χ2n) is 6.24. The minimum Gasteiger partial charge on any atom is -0.497 e. The SMILES string of the molecule is COc1cccc(CNc2ccc3nc(N)n(S(=O)(=O)C(C)C)c3c2)c1. The summed E-state index contributed by atoms with van der Waals surface area (Å²) in [4.78, 5) is 4.16. The van der Waals surface area contributed by atoms with Gasteiger partial charge in [-0.2, -0.15) is 0 Å². The number of ether oxygens (including phenoxy) is 1. The molecule has 3 rings (SSSR count). The van der Waals surface area contributed by atoms with E-state index in [-0.39, 0.29) is 5.95 Å². The highest BCUT2D eigenvalue weighted by Gasteiger charge is 2.24. The number of methoxy groups -OCH3 is 1. The zero-order chi connectivity index (χ0) is 18.9. The fraction of sp³-hybridized carbons (Fsp3) is 0.278. The van der Waals surface area contributed by atoms with Gasteiger partial charge in [-0.1, -0.05) is 12.1 Å². The fourth-order valence-electron chi connectivity index (χ4n) is 2.65. The highest BCUT2D eigenvalue weighted by Crippen LogP contribution is 2.25. The average molecular weight is 374 g/mol. The van der Waals surface area contributed by atoms with Crippen LogP contribution in [0.4, 0.5) is 11.6 Å². The molecule has 26 heavy (non-hydrogen) atoms. The van der Waals surface area contributed by atoms with E-state index in [1.165, 1.54) is 0 Å². The van der Waals surface area contributed by atoms with Crippen LogP contribution in [0.5, 0.6) is 5.75 Å². The van der Waals surface area contributed by atoms with Gasteiger partial charge in [0.2, 0.25) is 16.0 Å². The Morgan fingerprint density at radius 1 is 1.23 bits per heavy atom. The lowest BCUT2D eigenvalue weighted by atomic mass is 10.2. The molecule has 2 aromatic carbocycles. The number of hydrogen-bond donors (Lipinski definition) is 2. The van der Waals surface area contributed by atoms with Gasteiger partial charge in [0.25, 0.3) is 0 Å². The first-order valence-corrected chi connectivity index (χ1v) is 9.72. The first-order chi connectivity index (χ1) is 12.3. The summed E-state index contributed by atoms with van der Waals surface area (Å²) in [5.74, 6) is 0.757. The first-order valence-electron chi connectivity index (χ1n) is 8.22. The Kier molecular flexibility index (Phi) is 4.78. The van der Waals surface area contributed by atoms with Crippen molar-refractivity contribution in [2.75, 3.05) is 18.2 Å². The van der Waals surface area contributed by atoms with Crippen molar-refractivity contribution >= 4 is 32.7 Å². The lowest BCUT2D eigenvalue weighted by molar-refractivity contribution is 0.414. The van der Waals surface area contributed by atoms with Crippen molar-refractivity contribution in [2.24, 2.45) is 0 Å². The predicted molar refractivity (Wildman–Crippen MR) is 104 cm³/mol. The summed E-state index contributed by atoms with van der Waals surface area (Å²) >= 11 is 0. The number of nitrogens with zero attached hydrogens (tertiary/aromatic N) is 2. The van der Waals surface area contributed by atoms with Gasteiger partial charge in [-0.3, -0.25) is 0 Å². The molecule has 138 valence electrons. The summed E-state index contributed by atoms with van der Waals surface area (Å²) in [5, 5.41) is 2.69. The maximum absolute atomic E-state index is 12.6. The molecule has 0 aliphatic rings. The van der Waals surface area contributed by atoms with E-state index in [2.05, 4.69) is 10.3 Å². The maximum atomic E-state index is 12.6. The second-order valence-corrected chi connectivity index (χ2v) is 8.57. The van der Waals surface area contributed by atoms with Crippen LogP contribution in [-0.4, -0.2) is 29.7 Å². The maximum Gasteiger partial charge on any atom is 0.244 e. The number of fused-ring (bicyclic) bond motifs is 1. The summed E-state index contributed by atoms with van der Waals surface area (Å²) in [6, 6.07) is 13.1. The van der Waals surface area contributed by atoms with Gasteiger partial charge in [-0.15, -0.1) is 0 Å². The van der Waals surface area contributed by atoms with Crippen LogP contribution in [0, 0.1) is 0 Å². The van der Waals surface area contributed by atoms with Crippen LogP contribution >= 0.6 is 0 Å². The van der Waals surface area contributed by atoms with Gasteiger partial charge in [0.05, 0.1) is 23.4 Å². The van der Waals surface area contributed by atoms with Crippen molar-refractivity contribution in [2.45, 2.75) is 25.6 Å². The van der Waals surface area contributed by atoms with Gasteiger partial charge >= 0.3 is 0 Å². The first kappa shape index (κ1) is 18.1. The molecule has 1 heterocycles. The van der Waals surface area contributed by atoms with Crippen molar-refractivity contribution in [3.8, 4) is 5.75 Å². The second kappa shape index (κ2) is 6.87. The van der Waals surface area contributed by atoms with Gasteiger partial charge in [-0.05, 0) is 49.7 Å². The standard InChI is InChI=1S/C18H22N4O3S/c1-12(2)26(23,24)22-17-10-14(7-8-16(17)21-18(22)19)20-11-13-5-4-6-15(9-13)25-3/h4-10,12,20H,11H2,1-3H3,(H2,19,21). The number of nitrogen functional groups attached to an aromatic ring is 1. The number of imidazole rings is 1. The van der Waals surface area contributed by atoms with Crippen LogP contribution in [0.25, 0.3) is 11.0 Å². The number of nitrogens with one attached hydrogen (secondary N) is 1. The molecular weight excluding hydrogens is 352 g/mol. The normalized spacial score (nSPS) is 11.8. The molecule has 3 N–H and O–H groups in total. The van der Waals surface area contributed by atoms with Crippen molar-refractivity contribution < 1.29 is 13.2 Å². The van der Waals surface area contributed by atoms with Gasteiger partial charge < -0.3 is 15.8 Å².